The van der Waals surface area contributed by atoms with Crippen LogP contribution in [0.15, 0.2) is 53.4 Å². The van der Waals surface area contributed by atoms with Crippen molar-refractivity contribution in [3.63, 3.8) is 0 Å². The lowest BCUT2D eigenvalue weighted by atomic mass is 9.81. The lowest BCUT2D eigenvalue weighted by Gasteiger charge is -2.35. The molecule has 0 heterocycles. The van der Waals surface area contributed by atoms with E-state index in [0.29, 0.717) is 17.7 Å². The van der Waals surface area contributed by atoms with Crippen LogP contribution in [0.5, 0.6) is 0 Å². The molecule has 0 bridgehead atoms. The molecular weight excluding hydrogens is 464 g/mol. The summed E-state index contributed by atoms with van der Waals surface area (Å²) in [6.07, 6.45) is -4.26. The van der Waals surface area contributed by atoms with Crippen molar-refractivity contribution in [3.05, 3.63) is 65.5 Å². The largest absolute Gasteiger partial charge is 0.416 e. The average Bonchev–Trinajstić information content (AvgIpc) is 2.75. The molecule has 1 aliphatic rings. The highest BCUT2D eigenvalue weighted by molar-refractivity contribution is 7.89. The first-order chi connectivity index (χ1) is 15.3. The SMILES string of the molecule is C[C@@H](NC(=O)[C@]1(O)CC[C@@H](NS(=O)(=O)c2ccc(C(F)(F)F)cc2)CC1)c1ccc(F)cc1. The number of hydrogen-bond donors (Lipinski definition) is 3. The number of sulfonamides is 1. The van der Waals surface area contributed by atoms with E-state index in [1.165, 1.54) is 24.3 Å². The third-order valence-corrected chi connectivity index (χ3v) is 7.30. The van der Waals surface area contributed by atoms with Gasteiger partial charge in [0.25, 0.3) is 5.91 Å². The summed E-state index contributed by atoms with van der Waals surface area (Å²) in [4.78, 5) is 12.3. The summed E-state index contributed by atoms with van der Waals surface area (Å²) < 4.78 is 78.6. The molecule has 1 amide bonds. The zero-order valence-corrected chi connectivity index (χ0v) is 18.5. The smallest absolute Gasteiger partial charge is 0.380 e. The molecule has 1 atom stereocenters. The Balaban J connectivity index is 1.58. The Morgan fingerprint density at radius 2 is 1.61 bits per heavy atom. The van der Waals surface area contributed by atoms with Crippen molar-refractivity contribution in [2.45, 2.75) is 61.4 Å². The predicted molar refractivity (Wildman–Crippen MR) is 112 cm³/mol. The summed E-state index contributed by atoms with van der Waals surface area (Å²) in [6, 6.07) is 7.68. The molecule has 1 fully saturated rings. The Morgan fingerprint density at radius 3 is 2.12 bits per heavy atom. The maximum atomic E-state index is 13.1. The number of alkyl halides is 3. The normalized spacial score (nSPS) is 22.5. The number of nitrogens with one attached hydrogen (secondary N) is 2. The highest BCUT2D eigenvalue weighted by Gasteiger charge is 2.41. The molecule has 11 heteroatoms. The number of amides is 1. The minimum Gasteiger partial charge on any atom is -0.380 e. The molecule has 2 aromatic rings. The Morgan fingerprint density at radius 1 is 1.06 bits per heavy atom. The fourth-order valence-corrected chi connectivity index (χ4v) is 5.02. The van der Waals surface area contributed by atoms with Gasteiger partial charge in [-0.15, -0.1) is 0 Å². The van der Waals surface area contributed by atoms with Crippen LogP contribution in [0.3, 0.4) is 0 Å². The van der Waals surface area contributed by atoms with Crippen LogP contribution < -0.4 is 10.0 Å². The maximum Gasteiger partial charge on any atom is 0.416 e. The van der Waals surface area contributed by atoms with E-state index in [-0.39, 0.29) is 30.6 Å². The van der Waals surface area contributed by atoms with Gasteiger partial charge in [-0.25, -0.2) is 17.5 Å². The summed E-state index contributed by atoms with van der Waals surface area (Å²) >= 11 is 0. The first-order valence-corrected chi connectivity index (χ1v) is 11.8. The molecule has 1 aliphatic carbocycles. The minimum absolute atomic E-state index is 0.00479. The van der Waals surface area contributed by atoms with Crippen molar-refractivity contribution < 1.29 is 35.9 Å². The molecule has 1 saturated carbocycles. The molecule has 180 valence electrons. The molecule has 0 aromatic heterocycles. The van der Waals surface area contributed by atoms with Crippen molar-refractivity contribution in [2.24, 2.45) is 0 Å². The monoisotopic (exact) mass is 488 g/mol. The van der Waals surface area contributed by atoms with Crippen LogP contribution in [0.2, 0.25) is 0 Å². The third-order valence-electron chi connectivity index (χ3n) is 5.77. The van der Waals surface area contributed by atoms with Gasteiger partial charge >= 0.3 is 6.18 Å². The molecule has 3 rings (SSSR count). The molecule has 6 nitrogen and oxygen atoms in total. The highest BCUT2D eigenvalue weighted by atomic mass is 32.2. The number of rotatable bonds is 6. The van der Waals surface area contributed by atoms with Gasteiger partial charge in [0.2, 0.25) is 10.0 Å². The van der Waals surface area contributed by atoms with Gasteiger partial charge < -0.3 is 10.4 Å². The molecule has 0 saturated heterocycles. The van der Waals surface area contributed by atoms with E-state index in [2.05, 4.69) is 10.0 Å². The number of halogens is 4. The summed E-state index contributed by atoms with van der Waals surface area (Å²) in [6.45, 7) is 1.69. The second kappa shape index (κ2) is 9.40. The van der Waals surface area contributed by atoms with Crippen LogP contribution in [-0.2, 0) is 21.0 Å². The Kier molecular flexibility index (Phi) is 7.15. The summed E-state index contributed by atoms with van der Waals surface area (Å²) in [5.74, 6) is -1.02. The molecule has 2 aromatic carbocycles. The van der Waals surface area contributed by atoms with Gasteiger partial charge in [-0.1, -0.05) is 12.1 Å². The molecule has 0 aliphatic heterocycles. The number of carbonyl (C=O) groups is 1. The number of carbonyl (C=O) groups excluding carboxylic acids is 1. The van der Waals surface area contributed by atoms with E-state index in [4.69, 9.17) is 0 Å². The van der Waals surface area contributed by atoms with Crippen molar-refractivity contribution in [3.8, 4) is 0 Å². The van der Waals surface area contributed by atoms with Crippen molar-refractivity contribution in [1.29, 1.82) is 0 Å². The third kappa shape index (κ3) is 6.10. The van der Waals surface area contributed by atoms with Crippen LogP contribution in [-0.4, -0.2) is 31.1 Å². The van der Waals surface area contributed by atoms with Gasteiger partial charge in [-0.3, -0.25) is 4.79 Å². The lowest BCUT2D eigenvalue weighted by molar-refractivity contribution is -0.144. The van der Waals surface area contributed by atoms with E-state index in [9.17, 15) is 35.9 Å². The van der Waals surface area contributed by atoms with Gasteiger partial charge in [0, 0.05) is 6.04 Å². The van der Waals surface area contributed by atoms with E-state index >= 15 is 0 Å². The zero-order valence-electron chi connectivity index (χ0n) is 17.7. The van der Waals surface area contributed by atoms with Gasteiger partial charge in [-0.2, -0.15) is 13.2 Å². The maximum absolute atomic E-state index is 13.1. The van der Waals surface area contributed by atoms with Crippen molar-refractivity contribution in [2.75, 3.05) is 0 Å². The fraction of sp³-hybridized carbons (Fsp3) is 0.409. The van der Waals surface area contributed by atoms with Crippen molar-refractivity contribution >= 4 is 15.9 Å². The lowest BCUT2D eigenvalue weighted by Crippen LogP contribution is -2.52. The van der Waals surface area contributed by atoms with Gasteiger partial charge in [0.05, 0.1) is 16.5 Å². The van der Waals surface area contributed by atoms with Crippen LogP contribution in [0, 0.1) is 5.82 Å². The summed E-state index contributed by atoms with van der Waals surface area (Å²) in [5.41, 5.74) is -1.98. The van der Waals surface area contributed by atoms with E-state index in [1.54, 1.807) is 6.92 Å². The Hall–Kier alpha value is -2.50. The van der Waals surface area contributed by atoms with Crippen LogP contribution >= 0.6 is 0 Å². The standard InChI is InChI=1S/C22H24F4N2O4S/c1-14(15-2-6-17(23)7-3-15)27-20(29)21(30)12-10-18(11-13-21)28-33(31,32)19-8-4-16(5-9-19)22(24,25)26/h2-9,14,18,28,30H,10-13H2,1H3,(H,27,29)/t14-,18-,21+/m1/s1. The van der Waals surface area contributed by atoms with Gasteiger partial charge in [0.15, 0.2) is 0 Å². The first kappa shape index (κ1) is 25.1. The topological polar surface area (TPSA) is 95.5 Å². The quantitative estimate of drug-likeness (QED) is 0.541. The Labute approximate surface area is 189 Å². The predicted octanol–water partition coefficient (Wildman–Crippen LogP) is 3.67. The fourth-order valence-electron chi connectivity index (χ4n) is 3.72. The van der Waals surface area contributed by atoms with Gasteiger partial charge in [0.1, 0.15) is 11.4 Å². The van der Waals surface area contributed by atoms with Gasteiger partial charge in [-0.05, 0) is 74.6 Å². The van der Waals surface area contributed by atoms with Crippen LogP contribution in [0.1, 0.15) is 49.8 Å². The summed E-state index contributed by atoms with van der Waals surface area (Å²) in [7, 11) is -4.07. The van der Waals surface area contributed by atoms with Crippen LogP contribution in [0.4, 0.5) is 17.6 Å². The molecule has 0 radical (unpaired) electrons. The molecule has 0 spiro atoms. The number of hydrogen-bond acceptors (Lipinski definition) is 4. The van der Waals surface area contributed by atoms with E-state index in [0.717, 1.165) is 12.1 Å². The van der Waals surface area contributed by atoms with Crippen LogP contribution in [0.25, 0.3) is 0 Å². The molecule has 33 heavy (non-hydrogen) atoms. The van der Waals surface area contributed by atoms with Crippen molar-refractivity contribution in [1.82, 2.24) is 10.0 Å². The average molecular weight is 489 g/mol. The second-order valence-electron chi connectivity index (χ2n) is 8.20. The summed E-state index contributed by atoms with van der Waals surface area (Å²) in [5, 5.41) is 13.5. The highest BCUT2D eigenvalue weighted by Crippen LogP contribution is 2.32. The zero-order chi connectivity index (χ0) is 24.4. The number of benzene rings is 2. The molecular formula is C22H24F4N2O4S. The molecule has 0 unspecified atom stereocenters. The number of aliphatic hydroxyl groups is 1. The minimum atomic E-state index is -4.57. The van der Waals surface area contributed by atoms with E-state index in [1.807, 2.05) is 0 Å². The Bertz CT molecular complexity index is 1080. The first-order valence-electron chi connectivity index (χ1n) is 10.3. The molecule has 3 N–H and O–H groups in total. The second-order valence-corrected chi connectivity index (χ2v) is 9.91. The van der Waals surface area contributed by atoms with E-state index < -0.39 is 51.2 Å².